The van der Waals surface area contributed by atoms with Crippen molar-refractivity contribution in [2.75, 3.05) is 0 Å². The molecule has 0 fully saturated rings. The van der Waals surface area contributed by atoms with Crippen LogP contribution in [0.15, 0.2) is 188 Å². The lowest BCUT2D eigenvalue weighted by molar-refractivity contribution is 0.592. The fourth-order valence-corrected chi connectivity index (χ4v) is 11.0. The number of nitrogens with zero attached hydrogens (tertiary/aromatic N) is 2. The van der Waals surface area contributed by atoms with E-state index < -0.39 is 7.14 Å². The van der Waals surface area contributed by atoms with Crippen molar-refractivity contribution >= 4 is 93.7 Å². The zero-order chi connectivity index (χ0) is 35.1. The van der Waals surface area contributed by atoms with Crippen molar-refractivity contribution in [3.8, 4) is 11.1 Å². The minimum Gasteiger partial charge on any atom is -0.309 e. The van der Waals surface area contributed by atoms with Crippen molar-refractivity contribution in [1.29, 1.82) is 0 Å². The van der Waals surface area contributed by atoms with Gasteiger partial charge in [0.15, 0.2) is 7.14 Å². The highest BCUT2D eigenvalue weighted by molar-refractivity contribution is 7.85. The van der Waals surface area contributed by atoms with Crippen LogP contribution in [-0.2, 0) is 4.57 Å². The molecule has 0 aliphatic carbocycles. The van der Waals surface area contributed by atoms with Crippen molar-refractivity contribution in [3.63, 3.8) is 0 Å². The van der Waals surface area contributed by atoms with Gasteiger partial charge < -0.3 is 4.57 Å². The van der Waals surface area contributed by atoms with Gasteiger partial charge in [-0.2, -0.15) is 0 Å². The molecule has 9 aromatic carbocycles. The number of para-hydroxylation sites is 3. The molecule has 0 saturated heterocycles. The zero-order valence-electron chi connectivity index (χ0n) is 28.6. The number of aromatic nitrogens is 2. The lowest BCUT2D eigenvalue weighted by atomic mass is 9.97. The predicted octanol–water partition coefficient (Wildman–Crippen LogP) is 11.6. The Kier molecular flexibility index (Phi) is 6.53. The third-order valence-electron chi connectivity index (χ3n) is 11.0. The molecule has 53 heavy (non-hydrogen) atoms. The van der Waals surface area contributed by atoms with Gasteiger partial charge in [0.25, 0.3) is 0 Å². The highest BCUT2D eigenvalue weighted by Crippen LogP contribution is 2.44. The molecule has 0 amide bonds. The lowest BCUT2D eigenvalue weighted by Crippen LogP contribution is -2.25. The monoisotopic (exact) mass is 694 g/mol. The summed E-state index contributed by atoms with van der Waals surface area (Å²) in [5.74, 6) is 0. The SMILES string of the molecule is O=P(c1ccc2ccccc2c1)(c1ccc2ccccc2c1)c1ccc2cc(-c3ccc4c5ccccc5n5c6ccccc6nc5c4c3)ccc2c1. The smallest absolute Gasteiger partial charge is 0.171 e. The maximum Gasteiger partial charge on any atom is 0.171 e. The molecule has 248 valence electrons. The lowest BCUT2D eigenvalue weighted by Gasteiger charge is -2.22. The Morgan fingerprint density at radius 2 is 0.868 bits per heavy atom. The topological polar surface area (TPSA) is 34.4 Å². The van der Waals surface area contributed by atoms with Crippen LogP contribution in [0.4, 0.5) is 0 Å². The standard InChI is InChI=1S/C49H31N2OP/c52-53(40-23-19-32-9-1-3-11-34(32)28-40,41-24-20-33-10-2-4-12-35(33)29-41)42-25-21-37-27-36(17-18-38(37)30-42)39-22-26-43-44-13-5-7-15-47(44)51-48-16-8-6-14-46(48)50-49(51)45(43)31-39/h1-31H. The molecular weight excluding hydrogens is 664 g/mol. The number of benzene rings is 9. The van der Waals surface area contributed by atoms with Crippen molar-refractivity contribution in [1.82, 2.24) is 9.38 Å². The molecular formula is C49H31N2OP. The van der Waals surface area contributed by atoms with E-state index in [0.29, 0.717) is 0 Å². The van der Waals surface area contributed by atoms with Crippen LogP contribution in [0.5, 0.6) is 0 Å². The van der Waals surface area contributed by atoms with E-state index >= 15 is 4.57 Å². The van der Waals surface area contributed by atoms with Crippen molar-refractivity contribution in [3.05, 3.63) is 188 Å². The molecule has 3 nitrogen and oxygen atoms in total. The van der Waals surface area contributed by atoms with Crippen LogP contribution < -0.4 is 15.9 Å². The molecule has 4 heteroatoms. The Morgan fingerprint density at radius 3 is 1.57 bits per heavy atom. The van der Waals surface area contributed by atoms with Crippen LogP contribution in [-0.4, -0.2) is 9.38 Å². The fraction of sp³-hybridized carbons (Fsp3) is 0. The molecule has 2 aromatic heterocycles. The van der Waals surface area contributed by atoms with Gasteiger partial charge in [0.1, 0.15) is 5.65 Å². The fourth-order valence-electron chi connectivity index (χ4n) is 8.29. The maximum atomic E-state index is 15.8. The van der Waals surface area contributed by atoms with E-state index in [2.05, 4.69) is 150 Å². The largest absolute Gasteiger partial charge is 0.309 e. The number of rotatable bonds is 4. The summed E-state index contributed by atoms with van der Waals surface area (Å²) in [7, 11) is -3.25. The molecule has 0 saturated carbocycles. The van der Waals surface area contributed by atoms with Gasteiger partial charge >= 0.3 is 0 Å². The van der Waals surface area contributed by atoms with E-state index in [1.165, 1.54) is 10.8 Å². The van der Waals surface area contributed by atoms with Gasteiger partial charge in [-0.25, -0.2) is 4.98 Å². The first-order chi connectivity index (χ1) is 26.1. The highest BCUT2D eigenvalue weighted by atomic mass is 31.2. The number of imidazole rings is 1. The molecule has 11 aromatic rings. The molecule has 0 spiro atoms. The first-order valence-electron chi connectivity index (χ1n) is 18.0. The summed E-state index contributed by atoms with van der Waals surface area (Å²) >= 11 is 0. The molecule has 2 heterocycles. The van der Waals surface area contributed by atoms with Crippen LogP contribution in [0.3, 0.4) is 0 Å². The number of hydrogen-bond acceptors (Lipinski definition) is 2. The quantitative estimate of drug-likeness (QED) is 0.136. The summed E-state index contributed by atoms with van der Waals surface area (Å²) in [5.41, 5.74) is 6.47. The number of pyridine rings is 1. The first kappa shape index (κ1) is 30.1. The molecule has 0 radical (unpaired) electrons. The van der Waals surface area contributed by atoms with Gasteiger partial charge in [-0.05, 0) is 97.4 Å². The Bertz CT molecular complexity index is 3260. The van der Waals surface area contributed by atoms with E-state index in [0.717, 1.165) is 86.9 Å². The van der Waals surface area contributed by atoms with Crippen LogP contribution in [0, 0.1) is 0 Å². The Labute approximate surface area is 305 Å². The second kappa shape index (κ2) is 11.5. The summed E-state index contributed by atoms with van der Waals surface area (Å²) in [6, 6.07) is 65.7. The minimum absolute atomic E-state index is 0.828. The Hall–Kier alpha value is -6.54. The second-order valence-corrected chi connectivity index (χ2v) is 16.7. The summed E-state index contributed by atoms with van der Waals surface area (Å²) in [4.78, 5) is 5.13. The number of hydrogen-bond donors (Lipinski definition) is 0. The van der Waals surface area contributed by atoms with Crippen LogP contribution >= 0.6 is 7.14 Å². The van der Waals surface area contributed by atoms with E-state index in [4.69, 9.17) is 4.98 Å². The van der Waals surface area contributed by atoms with Gasteiger partial charge in [-0.3, -0.25) is 4.40 Å². The van der Waals surface area contributed by atoms with Crippen LogP contribution in [0.1, 0.15) is 0 Å². The van der Waals surface area contributed by atoms with Gasteiger partial charge in [0.05, 0.1) is 16.6 Å². The summed E-state index contributed by atoms with van der Waals surface area (Å²) in [5, 5.41) is 12.6. The normalized spacial score (nSPS) is 12.2. The average Bonchev–Trinajstić information content (AvgIpc) is 3.63. The summed E-state index contributed by atoms with van der Waals surface area (Å²) < 4.78 is 18.1. The highest BCUT2D eigenvalue weighted by Gasteiger charge is 2.30. The van der Waals surface area contributed by atoms with Crippen LogP contribution in [0.2, 0.25) is 0 Å². The van der Waals surface area contributed by atoms with Gasteiger partial charge in [0.2, 0.25) is 0 Å². The number of fused-ring (bicyclic) bond motifs is 11. The van der Waals surface area contributed by atoms with E-state index in [-0.39, 0.29) is 0 Å². The average molecular weight is 695 g/mol. The van der Waals surface area contributed by atoms with Gasteiger partial charge in [-0.15, -0.1) is 0 Å². The third-order valence-corrected chi connectivity index (χ3v) is 14.0. The Balaban J connectivity index is 1.07. The summed E-state index contributed by atoms with van der Waals surface area (Å²) in [6.07, 6.45) is 0. The van der Waals surface area contributed by atoms with Gasteiger partial charge in [-0.1, -0.05) is 140 Å². The molecule has 0 N–H and O–H groups in total. The van der Waals surface area contributed by atoms with E-state index in [1.807, 2.05) is 42.5 Å². The van der Waals surface area contributed by atoms with Crippen molar-refractivity contribution < 1.29 is 4.57 Å². The molecule has 0 bridgehead atoms. The minimum atomic E-state index is -3.25. The van der Waals surface area contributed by atoms with E-state index in [9.17, 15) is 0 Å². The van der Waals surface area contributed by atoms with E-state index in [1.54, 1.807) is 0 Å². The van der Waals surface area contributed by atoms with Crippen molar-refractivity contribution in [2.24, 2.45) is 0 Å². The molecule has 0 unspecified atom stereocenters. The molecule has 11 rings (SSSR count). The summed E-state index contributed by atoms with van der Waals surface area (Å²) in [6.45, 7) is 0. The van der Waals surface area contributed by atoms with Gasteiger partial charge in [0, 0.05) is 26.7 Å². The third kappa shape index (κ3) is 4.61. The first-order valence-corrected chi connectivity index (χ1v) is 19.7. The predicted molar refractivity (Wildman–Crippen MR) is 225 cm³/mol. The van der Waals surface area contributed by atoms with Crippen molar-refractivity contribution in [2.45, 2.75) is 0 Å². The second-order valence-electron chi connectivity index (χ2n) is 14.0. The molecule has 0 aliphatic heterocycles. The Morgan fingerprint density at radius 1 is 0.377 bits per heavy atom. The van der Waals surface area contributed by atoms with Crippen LogP contribution in [0.25, 0.3) is 81.8 Å². The molecule has 0 aliphatic rings. The maximum absolute atomic E-state index is 15.8. The zero-order valence-corrected chi connectivity index (χ0v) is 29.5. The molecule has 0 atom stereocenters.